The monoisotopic (exact) mass is 286 g/mol. The number of nitrogens with one attached hydrogen (secondary N) is 2. The fourth-order valence-corrected chi connectivity index (χ4v) is 2.20. The summed E-state index contributed by atoms with van der Waals surface area (Å²) in [4.78, 5) is 4.30. The SMILES string of the molecule is Cn1c(NCCNS(C)(=O)=O)nc2ccc(F)cc21. The van der Waals surface area contributed by atoms with Crippen molar-refractivity contribution in [3.8, 4) is 0 Å². The van der Waals surface area contributed by atoms with Crippen LogP contribution in [0.1, 0.15) is 0 Å². The van der Waals surface area contributed by atoms with E-state index in [2.05, 4.69) is 15.0 Å². The Bertz CT molecular complexity index is 696. The van der Waals surface area contributed by atoms with Crippen molar-refractivity contribution in [2.24, 2.45) is 7.05 Å². The molecule has 0 saturated carbocycles. The molecular weight excluding hydrogens is 271 g/mol. The second-order valence-corrected chi connectivity index (χ2v) is 6.05. The van der Waals surface area contributed by atoms with Gasteiger partial charge in [-0.15, -0.1) is 0 Å². The fourth-order valence-electron chi connectivity index (χ4n) is 1.73. The third-order valence-electron chi connectivity index (χ3n) is 2.62. The van der Waals surface area contributed by atoms with Crippen LogP contribution >= 0.6 is 0 Å². The van der Waals surface area contributed by atoms with Crippen LogP contribution in [0.4, 0.5) is 10.3 Å². The number of halogens is 1. The smallest absolute Gasteiger partial charge is 0.208 e. The molecule has 104 valence electrons. The van der Waals surface area contributed by atoms with Crippen molar-refractivity contribution < 1.29 is 12.8 Å². The molecule has 0 saturated heterocycles. The van der Waals surface area contributed by atoms with Gasteiger partial charge in [-0.2, -0.15) is 0 Å². The average Bonchev–Trinajstić information content (AvgIpc) is 2.61. The molecule has 0 unspecified atom stereocenters. The summed E-state index contributed by atoms with van der Waals surface area (Å²) < 4.78 is 39.0. The molecular formula is C11H15FN4O2S. The minimum atomic E-state index is -3.19. The summed E-state index contributed by atoms with van der Waals surface area (Å²) in [5.74, 6) is 0.247. The van der Waals surface area contributed by atoms with Gasteiger partial charge in [0.1, 0.15) is 5.82 Å². The summed E-state index contributed by atoms with van der Waals surface area (Å²) in [7, 11) is -1.42. The largest absolute Gasteiger partial charge is 0.354 e. The Balaban J connectivity index is 2.07. The zero-order valence-electron chi connectivity index (χ0n) is 10.6. The van der Waals surface area contributed by atoms with Gasteiger partial charge in [-0.05, 0) is 18.2 Å². The normalized spacial score (nSPS) is 11.9. The summed E-state index contributed by atoms with van der Waals surface area (Å²) in [5, 5.41) is 3.00. The van der Waals surface area contributed by atoms with E-state index >= 15 is 0 Å². The Morgan fingerprint density at radius 2 is 2.11 bits per heavy atom. The molecule has 0 radical (unpaired) electrons. The maximum atomic E-state index is 13.1. The molecule has 0 amide bonds. The van der Waals surface area contributed by atoms with Crippen LogP contribution in [0.5, 0.6) is 0 Å². The number of fused-ring (bicyclic) bond motifs is 1. The van der Waals surface area contributed by atoms with Crippen LogP contribution in [-0.2, 0) is 17.1 Å². The molecule has 2 rings (SSSR count). The third kappa shape index (κ3) is 3.42. The number of rotatable bonds is 5. The van der Waals surface area contributed by atoms with E-state index in [4.69, 9.17) is 0 Å². The molecule has 0 fully saturated rings. The second kappa shape index (κ2) is 5.14. The minimum absolute atomic E-state index is 0.260. The number of aromatic nitrogens is 2. The fraction of sp³-hybridized carbons (Fsp3) is 0.364. The molecule has 8 heteroatoms. The van der Waals surface area contributed by atoms with E-state index in [9.17, 15) is 12.8 Å². The van der Waals surface area contributed by atoms with Gasteiger partial charge in [-0.25, -0.2) is 22.5 Å². The van der Waals surface area contributed by atoms with Gasteiger partial charge in [0.05, 0.1) is 17.3 Å². The first-order valence-corrected chi connectivity index (χ1v) is 7.56. The number of hydrogen-bond donors (Lipinski definition) is 2. The molecule has 0 aliphatic rings. The van der Waals surface area contributed by atoms with Gasteiger partial charge in [-0.3, -0.25) is 0 Å². The van der Waals surface area contributed by atoms with Crippen molar-refractivity contribution in [2.75, 3.05) is 24.7 Å². The summed E-state index contributed by atoms with van der Waals surface area (Å²) in [6, 6.07) is 4.36. The molecule has 6 nitrogen and oxygen atoms in total. The molecule has 0 aliphatic carbocycles. The number of anilines is 1. The van der Waals surface area contributed by atoms with E-state index in [-0.39, 0.29) is 12.4 Å². The van der Waals surface area contributed by atoms with Crippen LogP contribution in [-0.4, -0.2) is 37.3 Å². The van der Waals surface area contributed by atoms with E-state index in [1.54, 1.807) is 17.7 Å². The second-order valence-electron chi connectivity index (χ2n) is 4.22. The van der Waals surface area contributed by atoms with Crippen LogP contribution in [0, 0.1) is 5.82 Å². The minimum Gasteiger partial charge on any atom is -0.354 e. The van der Waals surface area contributed by atoms with Crippen LogP contribution in [0.25, 0.3) is 11.0 Å². The number of sulfonamides is 1. The number of hydrogen-bond acceptors (Lipinski definition) is 4. The van der Waals surface area contributed by atoms with Crippen molar-refractivity contribution in [3.63, 3.8) is 0 Å². The van der Waals surface area contributed by atoms with E-state index < -0.39 is 10.0 Å². The Kier molecular flexibility index (Phi) is 3.72. The van der Waals surface area contributed by atoms with Gasteiger partial charge in [0.15, 0.2) is 0 Å². The predicted octanol–water partition coefficient (Wildman–Crippen LogP) is 0.673. The molecule has 0 atom stereocenters. The Hall–Kier alpha value is -1.67. The van der Waals surface area contributed by atoms with E-state index in [1.165, 1.54) is 12.1 Å². The van der Waals surface area contributed by atoms with E-state index in [0.29, 0.717) is 23.5 Å². The quantitative estimate of drug-likeness (QED) is 0.792. The molecule has 2 aromatic rings. The summed E-state index contributed by atoms with van der Waals surface area (Å²) >= 11 is 0. The molecule has 0 spiro atoms. The highest BCUT2D eigenvalue weighted by Gasteiger charge is 2.08. The lowest BCUT2D eigenvalue weighted by Gasteiger charge is -2.06. The summed E-state index contributed by atoms with van der Waals surface area (Å²) in [6.45, 7) is 0.656. The highest BCUT2D eigenvalue weighted by molar-refractivity contribution is 7.88. The lowest BCUT2D eigenvalue weighted by molar-refractivity contribution is 0.589. The molecule has 1 aromatic carbocycles. The van der Waals surface area contributed by atoms with Gasteiger partial charge in [0.25, 0.3) is 0 Å². The highest BCUT2D eigenvalue weighted by Crippen LogP contribution is 2.18. The number of aryl methyl sites for hydroxylation is 1. The predicted molar refractivity (Wildman–Crippen MR) is 72.0 cm³/mol. The summed E-state index contributed by atoms with van der Waals surface area (Å²) in [5.41, 5.74) is 1.36. The maximum absolute atomic E-state index is 13.1. The van der Waals surface area contributed by atoms with Crippen molar-refractivity contribution in [3.05, 3.63) is 24.0 Å². The lowest BCUT2D eigenvalue weighted by Crippen LogP contribution is -2.28. The summed E-state index contributed by atoms with van der Waals surface area (Å²) in [6.07, 6.45) is 1.10. The third-order valence-corrected chi connectivity index (χ3v) is 3.34. The topological polar surface area (TPSA) is 76.0 Å². The zero-order valence-corrected chi connectivity index (χ0v) is 11.5. The van der Waals surface area contributed by atoms with E-state index in [0.717, 1.165) is 6.26 Å². The molecule has 19 heavy (non-hydrogen) atoms. The number of benzene rings is 1. The molecule has 1 heterocycles. The molecule has 0 aliphatic heterocycles. The highest BCUT2D eigenvalue weighted by atomic mass is 32.2. The number of nitrogens with zero attached hydrogens (tertiary/aromatic N) is 2. The zero-order chi connectivity index (χ0) is 14.0. The van der Waals surface area contributed by atoms with Crippen LogP contribution < -0.4 is 10.0 Å². The van der Waals surface area contributed by atoms with Crippen molar-refractivity contribution in [1.82, 2.24) is 14.3 Å². The van der Waals surface area contributed by atoms with Gasteiger partial charge in [0.2, 0.25) is 16.0 Å². The Morgan fingerprint density at radius 3 is 2.79 bits per heavy atom. The molecule has 0 bridgehead atoms. The first kappa shape index (κ1) is 13.8. The number of imidazole rings is 1. The van der Waals surface area contributed by atoms with Gasteiger partial charge in [-0.1, -0.05) is 0 Å². The first-order chi connectivity index (χ1) is 8.87. The maximum Gasteiger partial charge on any atom is 0.208 e. The first-order valence-electron chi connectivity index (χ1n) is 5.67. The van der Waals surface area contributed by atoms with Gasteiger partial charge < -0.3 is 9.88 Å². The average molecular weight is 286 g/mol. The van der Waals surface area contributed by atoms with Crippen LogP contribution in [0.2, 0.25) is 0 Å². The van der Waals surface area contributed by atoms with Crippen molar-refractivity contribution in [2.45, 2.75) is 0 Å². The Morgan fingerprint density at radius 1 is 1.37 bits per heavy atom. The van der Waals surface area contributed by atoms with Crippen molar-refractivity contribution in [1.29, 1.82) is 0 Å². The molecule has 2 N–H and O–H groups in total. The molecule has 1 aromatic heterocycles. The van der Waals surface area contributed by atoms with Gasteiger partial charge >= 0.3 is 0 Å². The van der Waals surface area contributed by atoms with E-state index in [1.807, 2.05) is 0 Å². The van der Waals surface area contributed by atoms with Gasteiger partial charge in [0, 0.05) is 20.1 Å². The van der Waals surface area contributed by atoms with Crippen molar-refractivity contribution >= 4 is 27.0 Å². The van der Waals surface area contributed by atoms with Crippen LogP contribution in [0.15, 0.2) is 18.2 Å². The lowest BCUT2D eigenvalue weighted by atomic mass is 10.3. The standard InChI is InChI=1S/C11H15FN4O2S/c1-16-10-7-8(12)3-4-9(10)15-11(16)13-5-6-14-19(2,17)18/h3-4,7,14H,5-6H2,1-2H3,(H,13,15). The van der Waals surface area contributed by atoms with Crippen LogP contribution in [0.3, 0.4) is 0 Å². The Labute approximate surface area is 110 Å².